The Bertz CT molecular complexity index is 803. The summed E-state index contributed by atoms with van der Waals surface area (Å²) >= 11 is 0. The number of nitrogens with zero attached hydrogens (tertiary/aromatic N) is 1. The van der Waals surface area contributed by atoms with Crippen LogP contribution in [0.1, 0.15) is 94.0 Å². The number of hydrogen-bond acceptors (Lipinski definition) is 4. The first-order valence-corrected chi connectivity index (χ1v) is 13.4. The van der Waals surface area contributed by atoms with E-state index in [0.29, 0.717) is 36.7 Å². The highest BCUT2D eigenvalue weighted by Gasteiger charge is 2.48. The van der Waals surface area contributed by atoms with Crippen molar-refractivity contribution in [1.29, 1.82) is 0 Å². The molecule has 1 atom stereocenters. The molecule has 1 aliphatic heterocycles. The number of rotatable bonds is 8. The molecule has 1 heterocycles. The third-order valence-electron chi connectivity index (χ3n) is 7.95. The number of ketones is 1. The largest absolute Gasteiger partial charge is 0.490 e. The van der Waals surface area contributed by atoms with E-state index in [-0.39, 0.29) is 30.5 Å². The molecular weight excluding hydrogens is 453 g/mol. The van der Waals surface area contributed by atoms with E-state index < -0.39 is 5.67 Å². The molecule has 4 nitrogen and oxygen atoms in total. The molecule has 0 aromatic heterocycles. The summed E-state index contributed by atoms with van der Waals surface area (Å²) in [5, 5.41) is 0. The highest BCUT2D eigenvalue weighted by atomic mass is 35.5. The van der Waals surface area contributed by atoms with E-state index in [1.54, 1.807) is 6.07 Å². The number of alkyl halides is 1. The Balaban J connectivity index is 0.00000324. The Hall–Kier alpha value is -1.33. The molecule has 192 valence electrons. The van der Waals surface area contributed by atoms with E-state index in [4.69, 9.17) is 9.47 Å². The third-order valence-corrected chi connectivity index (χ3v) is 7.95. The van der Waals surface area contributed by atoms with E-state index in [0.717, 1.165) is 37.4 Å². The van der Waals surface area contributed by atoms with Gasteiger partial charge in [0.15, 0.2) is 17.2 Å². The number of piperidine rings is 1. The fourth-order valence-corrected chi connectivity index (χ4v) is 6.20. The van der Waals surface area contributed by atoms with Crippen molar-refractivity contribution in [2.24, 2.45) is 11.8 Å². The molecule has 0 radical (unpaired) electrons. The van der Waals surface area contributed by atoms with Crippen LogP contribution in [0.4, 0.5) is 4.39 Å². The molecule has 3 aliphatic rings. The maximum atomic E-state index is 16.0. The predicted octanol–water partition coefficient (Wildman–Crippen LogP) is 6.82. The minimum absolute atomic E-state index is 0. The van der Waals surface area contributed by atoms with E-state index in [1.807, 2.05) is 19.9 Å². The fraction of sp³-hybridized carbons (Fsp3) is 0.750. The van der Waals surface area contributed by atoms with Crippen LogP contribution in [0.3, 0.4) is 0 Å². The highest BCUT2D eigenvalue weighted by molar-refractivity contribution is 6.07. The maximum absolute atomic E-state index is 16.0. The molecule has 4 rings (SSSR count). The van der Waals surface area contributed by atoms with Crippen LogP contribution in [0.2, 0.25) is 0 Å². The molecule has 2 fully saturated rings. The molecule has 1 unspecified atom stereocenters. The van der Waals surface area contributed by atoms with Crippen LogP contribution in [0, 0.1) is 11.8 Å². The number of ether oxygens (including phenoxy) is 2. The summed E-state index contributed by atoms with van der Waals surface area (Å²) < 4.78 is 27.4. The van der Waals surface area contributed by atoms with Crippen molar-refractivity contribution in [2.45, 2.75) is 90.1 Å². The first-order valence-electron chi connectivity index (χ1n) is 13.4. The Morgan fingerprint density at radius 2 is 1.50 bits per heavy atom. The average Bonchev–Trinajstić information content (AvgIpc) is 3.01. The summed E-state index contributed by atoms with van der Waals surface area (Å²) in [6, 6.07) is 3.52. The lowest BCUT2D eigenvalue weighted by Crippen LogP contribution is -2.40. The Labute approximate surface area is 211 Å². The summed E-state index contributed by atoms with van der Waals surface area (Å²) in [6.07, 6.45) is 12.2. The number of carbonyl (C=O) groups excluding carboxylic acids is 1. The molecule has 6 heteroatoms. The zero-order chi connectivity index (χ0) is 23.3. The lowest BCUT2D eigenvalue weighted by molar-refractivity contribution is 0.0578. The molecule has 2 aliphatic carbocycles. The number of fused-ring (bicyclic) bond motifs is 1. The van der Waals surface area contributed by atoms with Crippen molar-refractivity contribution in [3.63, 3.8) is 0 Å². The number of Topliss-reactive ketones (excluding diaryl/α,β-unsaturated/α-hetero) is 1. The summed E-state index contributed by atoms with van der Waals surface area (Å²) in [5.41, 5.74) is -0.550. The zero-order valence-corrected chi connectivity index (χ0v) is 21.9. The first-order chi connectivity index (χ1) is 16.0. The standard InChI is InChI=1S/C28H42FNO3.ClH/c1-3-32-25-16-23-19-28(29,27(31)24(23)17-26(25)33-4-2)18-21-12-14-30(15-13-21)20-22-10-8-6-5-7-9-11-22;/h16-17,21-22H,3-15,18-20H2,1-2H3;1H. The monoisotopic (exact) mass is 495 g/mol. The quantitative estimate of drug-likeness (QED) is 0.397. The maximum Gasteiger partial charge on any atom is 0.200 e. The van der Waals surface area contributed by atoms with Gasteiger partial charge in [0, 0.05) is 18.5 Å². The Morgan fingerprint density at radius 3 is 2.12 bits per heavy atom. The minimum Gasteiger partial charge on any atom is -0.490 e. The van der Waals surface area contributed by atoms with Crippen molar-refractivity contribution in [3.05, 3.63) is 23.3 Å². The topological polar surface area (TPSA) is 38.8 Å². The molecular formula is C28H43ClFNO3. The van der Waals surface area contributed by atoms with Gasteiger partial charge in [-0.15, -0.1) is 12.4 Å². The van der Waals surface area contributed by atoms with Crippen LogP contribution in [0.5, 0.6) is 11.5 Å². The van der Waals surface area contributed by atoms with Gasteiger partial charge < -0.3 is 14.4 Å². The molecule has 0 amide bonds. The molecule has 0 bridgehead atoms. The lowest BCUT2D eigenvalue weighted by Gasteiger charge is -2.36. The van der Waals surface area contributed by atoms with E-state index in [2.05, 4.69) is 4.90 Å². The van der Waals surface area contributed by atoms with E-state index in [9.17, 15) is 4.79 Å². The summed E-state index contributed by atoms with van der Waals surface area (Å²) in [6.45, 7) is 8.09. The second-order valence-electron chi connectivity index (χ2n) is 10.5. The van der Waals surface area contributed by atoms with Crippen LogP contribution < -0.4 is 9.47 Å². The van der Waals surface area contributed by atoms with Gasteiger partial charge in [-0.1, -0.05) is 32.1 Å². The predicted molar refractivity (Wildman–Crippen MR) is 137 cm³/mol. The summed E-state index contributed by atoms with van der Waals surface area (Å²) in [7, 11) is 0. The van der Waals surface area contributed by atoms with Gasteiger partial charge in [-0.2, -0.15) is 0 Å². The Morgan fingerprint density at radius 1 is 0.912 bits per heavy atom. The van der Waals surface area contributed by atoms with Crippen molar-refractivity contribution >= 4 is 18.2 Å². The van der Waals surface area contributed by atoms with Crippen molar-refractivity contribution in [3.8, 4) is 11.5 Å². The second-order valence-corrected chi connectivity index (χ2v) is 10.5. The van der Waals surface area contributed by atoms with Gasteiger partial charge in [-0.05, 0) is 88.6 Å². The van der Waals surface area contributed by atoms with Gasteiger partial charge in [-0.3, -0.25) is 4.79 Å². The lowest BCUT2D eigenvalue weighted by atomic mass is 9.83. The molecule has 1 saturated heterocycles. The zero-order valence-electron chi connectivity index (χ0n) is 21.1. The van der Waals surface area contributed by atoms with Gasteiger partial charge in [0.25, 0.3) is 0 Å². The molecule has 1 aromatic carbocycles. The van der Waals surface area contributed by atoms with Crippen molar-refractivity contribution in [1.82, 2.24) is 4.90 Å². The van der Waals surface area contributed by atoms with Gasteiger partial charge >= 0.3 is 0 Å². The number of benzene rings is 1. The molecule has 0 spiro atoms. The summed E-state index contributed by atoms with van der Waals surface area (Å²) in [5.74, 6) is 1.90. The number of carbonyl (C=O) groups is 1. The van der Waals surface area contributed by atoms with Gasteiger partial charge in [0.05, 0.1) is 13.2 Å². The Kier molecular flexibility index (Phi) is 10.1. The molecule has 1 saturated carbocycles. The van der Waals surface area contributed by atoms with Crippen LogP contribution in [-0.2, 0) is 6.42 Å². The third kappa shape index (κ3) is 6.46. The smallest absolute Gasteiger partial charge is 0.200 e. The van der Waals surface area contributed by atoms with Crippen LogP contribution in [0.25, 0.3) is 0 Å². The van der Waals surface area contributed by atoms with Gasteiger partial charge in [0.1, 0.15) is 0 Å². The van der Waals surface area contributed by atoms with E-state index in [1.165, 1.54) is 51.5 Å². The number of hydrogen-bond donors (Lipinski definition) is 0. The second kappa shape index (κ2) is 12.6. The normalized spacial score (nSPS) is 24.7. The minimum atomic E-state index is -1.79. The van der Waals surface area contributed by atoms with Crippen molar-refractivity contribution < 1.29 is 18.7 Å². The van der Waals surface area contributed by atoms with Gasteiger partial charge in [-0.25, -0.2) is 4.39 Å². The molecule has 34 heavy (non-hydrogen) atoms. The van der Waals surface area contributed by atoms with Crippen molar-refractivity contribution in [2.75, 3.05) is 32.8 Å². The van der Waals surface area contributed by atoms with Gasteiger partial charge in [0.2, 0.25) is 5.78 Å². The van der Waals surface area contributed by atoms with Crippen LogP contribution in [-0.4, -0.2) is 49.2 Å². The summed E-state index contributed by atoms with van der Waals surface area (Å²) in [4.78, 5) is 15.7. The van der Waals surface area contributed by atoms with E-state index >= 15 is 4.39 Å². The number of likely N-dealkylation sites (tertiary alicyclic amines) is 1. The molecule has 1 aromatic rings. The average molecular weight is 496 g/mol. The SMILES string of the molecule is CCOc1cc2c(cc1OCC)C(=O)C(F)(CC1CCN(CC3CCCCCCC3)CC1)C2.Cl. The number of halogens is 2. The van der Waals surface area contributed by atoms with Crippen LogP contribution >= 0.6 is 12.4 Å². The molecule has 0 N–H and O–H groups in total. The van der Waals surface area contributed by atoms with Crippen LogP contribution in [0.15, 0.2) is 12.1 Å². The first kappa shape index (κ1) is 27.3. The highest BCUT2D eigenvalue weighted by Crippen LogP contribution is 2.44. The fourth-order valence-electron chi connectivity index (χ4n) is 6.20.